The van der Waals surface area contributed by atoms with Crippen LogP contribution >= 0.6 is 15.9 Å². The zero-order valence-corrected chi connectivity index (χ0v) is 12.4. The predicted octanol–water partition coefficient (Wildman–Crippen LogP) is 2.41. The first-order chi connectivity index (χ1) is 9.08. The van der Waals surface area contributed by atoms with E-state index in [1.54, 1.807) is 12.0 Å². The number of carbonyl (C=O) groups is 1. The van der Waals surface area contributed by atoms with Gasteiger partial charge in [0.05, 0.1) is 7.11 Å². The molecular weight excluding hydrogens is 310 g/mol. The lowest BCUT2D eigenvalue weighted by molar-refractivity contribution is 0.193. The molecule has 19 heavy (non-hydrogen) atoms. The summed E-state index contributed by atoms with van der Waals surface area (Å²) >= 11 is 3.46. The molecule has 1 aromatic rings. The van der Waals surface area contributed by atoms with E-state index in [2.05, 4.69) is 21.2 Å². The number of hydrogen-bond acceptors (Lipinski definition) is 3. The number of methoxy groups -OCH3 is 1. The van der Waals surface area contributed by atoms with Crippen molar-refractivity contribution in [1.29, 1.82) is 0 Å². The number of anilines is 1. The lowest BCUT2D eigenvalue weighted by Crippen LogP contribution is -2.44. The zero-order valence-electron chi connectivity index (χ0n) is 10.9. The van der Waals surface area contributed by atoms with Crippen LogP contribution in [0.3, 0.4) is 0 Å². The molecule has 0 aliphatic carbocycles. The highest BCUT2D eigenvalue weighted by Crippen LogP contribution is 2.26. The van der Waals surface area contributed by atoms with Crippen LogP contribution < -0.4 is 15.8 Å². The van der Waals surface area contributed by atoms with Gasteiger partial charge in [-0.2, -0.15) is 0 Å². The van der Waals surface area contributed by atoms with Crippen LogP contribution in [0.1, 0.15) is 12.8 Å². The fraction of sp³-hybridized carbons (Fsp3) is 0.462. The smallest absolute Gasteiger partial charge is 0.314 e. The molecule has 1 saturated heterocycles. The zero-order chi connectivity index (χ0) is 13.8. The molecule has 2 rings (SSSR count). The number of rotatable bonds is 3. The highest BCUT2D eigenvalue weighted by molar-refractivity contribution is 9.10. The van der Waals surface area contributed by atoms with Crippen LogP contribution in [0.25, 0.3) is 0 Å². The Morgan fingerprint density at radius 1 is 1.42 bits per heavy atom. The van der Waals surface area contributed by atoms with Crippen molar-refractivity contribution in [2.45, 2.75) is 18.9 Å². The molecule has 0 unspecified atom stereocenters. The number of amides is 2. The maximum absolute atomic E-state index is 11.1. The van der Waals surface area contributed by atoms with Crippen molar-refractivity contribution in [3.63, 3.8) is 0 Å². The van der Waals surface area contributed by atoms with Gasteiger partial charge in [0.2, 0.25) is 0 Å². The maximum atomic E-state index is 11.1. The van der Waals surface area contributed by atoms with E-state index >= 15 is 0 Å². The molecule has 2 amide bonds. The van der Waals surface area contributed by atoms with Gasteiger partial charge in [-0.3, -0.25) is 0 Å². The topological polar surface area (TPSA) is 67.6 Å². The van der Waals surface area contributed by atoms with Gasteiger partial charge in [0.15, 0.2) is 0 Å². The van der Waals surface area contributed by atoms with Crippen LogP contribution in [-0.4, -0.2) is 37.2 Å². The quantitative estimate of drug-likeness (QED) is 0.895. The van der Waals surface area contributed by atoms with Gasteiger partial charge in [0, 0.05) is 35.4 Å². The molecule has 1 aliphatic heterocycles. The number of carbonyl (C=O) groups excluding carboxylic acids is 1. The molecule has 1 fully saturated rings. The first-order valence-electron chi connectivity index (χ1n) is 6.24. The van der Waals surface area contributed by atoms with Crippen molar-refractivity contribution in [2.75, 3.05) is 25.5 Å². The summed E-state index contributed by atoms with van der Waals surface area (Å²) in [6.07, 6.45) is 1.80. The maximum Gasteiger partial charge on any atom is 0.314 e. The fourth-order valence-corrected chi connectivity index (χ4v) is 2.72. The Morgan fingerprint density at radius 2 is 2.11 bits per heavy atom. The number of nitrogens with one attached hydrogen (secondary N) is 1. The summed E-state index contributed by atoms with van der Waals surface area (Å²) in [7, 11) is 1.65. The molecule has 0 saturated carbocycles. The summed E-state index contributed by atoms with van der Waals surface area (Å²) in [6.45, 7) is 1.41. The van der Waals surface area contributed by atoms with Crippen LogP contribution in [0.2, 0.25) is 0 Å². The Balaban J connectivity index is 1.95. The molecule has 0 spiro atoms. The van der Waals surface area contributed by atoms with Crippen LogP contribution in [0.15, 0.2) is 22.7 Å². The average molecular weight is 328 g/mol. The number of ether oxygens (including phenoxy) is 1. The number of urea groups is 1. The van der Waals surface area contributed by atoms with E-state index in [1.165, 1.54) is 0 Å². The highest BCUT2D eigenvalue weighted by Gasteiger charge is 2.21. The molecule has 0 aromatic heterocycles. The molecule has 0 radical (unpaired) electrons. The lowest BCUT2D eigenvalue weighted by atomic mass is 10.0. The third-order valence-corrected chi connectivity index (χ3v) is 3.74. The molecule has 0 atom stereocenters. The second kappa shape index (κ2) is 6.14. The number of primary amides is 1. The van der Waals surface area contributed by atoms with Gasteiger partial charge in [-0.15, -0.1) is 0 Å². The first kappa shape index (κ1) is 14.0. The normalized spacial score (nSPS) is 16.2. The van der Waals surface area contributed by atoms with Crippen molar-refractivity contribution < 1.29 is 9.53 Å². The number of nitrogens with zero attached hydrogens (tertiary/aromatic N) is 1. The SMILES string of the molecule is COc1cc(Br)cc(NC2CCN(C(N)=O)CC2)c1. The summed E-state index contributed by atoms with van der Waals surface area (Å²) in [4.78, 5) is 12.7. The summed E-state index contributed by atoms with van der Waals surface area (Å²) < 4.78 is 6.21. The van der Waals surface area contributed by atoms with Gasteiger partial charge in [0.1, 0.15) is 5.75 Å². The number of piperidine rings is 1. The van der Waals surface area contributed by atoms with Crippen LogP contribution in [0.5, 0.6) is 5.75 Å². The Labute approximate surface area is 121 Å². The Hall–Kier alpha value is -1.43. The van der Waals surface area contributed by atoms with Crippen molar-refractivity contribution >= 4 is 27.6 Å². The van der Waals surface area contributed by atoms with Gasteiger partial charge in [-0.25, -0.2) is 4.79 Å². The van der Waals surface area contributed by atoms with Crippen LogP contribution in [0.4, 0.5) is 10.5 Å². The van der Waals surface area contributed by atoms with Gasteiger partial charge < -0.3 is 20.7 Å². The Morgan fingerprint density at radius 3 is 2.68 bits per heavy atom. The van der Waals surface area contributed by atoms with E-state index in [9.17, 15) is 4.79 Å². The second-order valence-electron chi connectivity index (χ2n) is 4.62. The largest absolute Gasteiger partial charge is 0.497 e. The van der Waals surface area contributed by atoms with Crippen molar-refractivity contribution in [3.8, 4) is 5.75 Å². The molecule has 5 nitrogen and oxygen atoms in total. The van der Waals surface area contributed by atoms with E-state index in [-0.39, 0.29) is 6.03 Å². The van der Waals surface area contributed by atoms with Crippen molar-refractivity contribution in [2.24, 2.45) is 5.73 Å². The minimum absolute atomic E-state index is 0.331. The van der Waals surface area contributed by atoms with E-state index in [4.69, 9.17) is 10.5 Å². The molecular formula is C13H18BrN3O2. The number of benzene rings is 1. The van der Waals surface area contributed by atoms with Gasteiger partial charge >= 0.3 is 6.03 Å². The number of hydrogen-bond donors (Lipinski definition) is 2. The third kappa shape index (κ3) is 3.76. The molecule has 0 bridgehead atoms. The average Bonchev–Trinajstić information content (AvgIpc) is 2.38. The molecule has 6 heteroatoms. The lowest BCUT2D eigenvalue weighted by Gasteiger charge is -2.31. The molecule has 1 aliphatic rings. The molecule has 1 heterocycles. The molecule has 1 aromatic carbocycles. The van der Waals surface area contributed by atoms with Crippen LogP contribution in [0, 0.1) is 0 Å². The van der Waals surface area contributed by atoms with Crippen LogP contribution in [-0.2, 0) is 0 Å². The Bertz CT molecular complexity index is 459. The number of nitrogens with two attached hydrogens (primary N) is 1. The van der Waals surface area contributed by atoms with E-state index in [1.807, 2.05) is 18.2 Å². The van der Waals surface area contributed by atoms with Crippen molar-refractivity contribution in [3.05, 3.63) is 22.7 Å². The Kier molecular flexibility index (Phi) is 4.52. The molecule has 3 N–H and O–H groups in total. The fourth-order valence-electron chi connectivity index (χ4n) is 2.24. The second-order valence-corrected chi connectivity index (χ2v) is 5.54. The summed E-state index contributed by atoms with van der Waals surface area (Å²) in [5, 5.41) is 3.47. The third-order valence-electron chi connectivity index (χ3n) is 3.28. The van der Waals surface area contributed by atoms with E-state index < -0.39 is 0 Å². The van der Waals surface area contributed by atoms with E-state index in [0.717, 1.165) is 28.8 Å². The number of likely N-dealkylation sites (tertiary alicyclic amines) is 1. The molecule has 104 valence electrons. The summed E-state index contributed by atoms with van der Waals surface area (Å²) in [5.74, 6) is 0.812. The summed E-state index contributed by atoms with van der Waals surface area (Å²) in [5.41, 5.74) is 6.28. The standard InChI is InChI=1S/C13H18BrN3O2/c1-19-12-7-9(14)6-11(8-12)16-10-2-4-17(5-3-10)13(15)18/h6-8,10,16H,2-5H2,1H3,(H2,15,18). The minimum atomic E-state index is -0.331. The minimum Gasteiger partial charge on any atom is -0.497 e. The highest BCUT2D eigenvalue weighted by atomic mass is 79.9. The first-order valence-corrected chi connectivity index (χ1v) is 7.03. The van der Waals surface area contributed by atoms with Gasteiger partial charge in [0.25, 0.3) is 0 Å². The summed E-state index contributed by atoms with van der Waals surface area (Å²) in [6, 6.07) is 5.92. The monoisotopic (exact) mass is 327 g/mol. The van der Waals surface area contributed by atoms with Gasteiger partial charge in [-0.1, -0.05) is 15.9 Å². The van der Waals surface area contributed by atoms with Gasteiger partial charge in [-0.05, 0) is 25.0 Å². The van der Waals surface area contributed by atoms with E-state index in [0.29, 0.717) is 19.1 Å². The predicted molar refractivity (Wildman–Crippen MR) is 78.5 cm³/mol. The van der Waals surface area contributed by atoms with Crippen molar-refractivity contribution in [1.82, 2.24) is 4.90 Å². The number of halogens is 1.